The first-order valence-corrected chi connectivity index (χ1v) is 20.0. The van der Waals surface area contributed by atoms with Crippen molar-refractivity contribution in [3.05, 3.63) is 82.9 Å². The van der Waals surface area contributed by atoms with Gasteiger partial charge in [0.25, 0.3) is 0 Å². The second kappa shape index (κ2) is 16.1. The molecule has 0 saturated carbocycles. The predicted molar refractivity (Wildman–Crippen MR) is 198 cm³/mol. The van der Waals surface area contributed by atoms with E-state index in [0.29, 0.717) is 0 Å². The number of benzene rings is 3. The summed E-state index contributed by atoms with van der Waals surface area (Å²) in [6.07, 6.45) is 14.9. The zero-order chi connectivity index (χ0) is 30.8. The van der Waals surface area contributed by atoms with Crippen molar-refractivity contribution in [1.82, 2.24) is 0 Å². The van der Waals surface area contributed by atoms with Gasteiger partial charge in [-0.1, -0.05) is 139 Å². The molecule has 5 rings (SSSR count). The summed E-state index contributed by atoms with van der Waals surface area (Å²) in [5.41, 5.74) is 4.70. The van der Waals surface area contributed by atoms with Crippen LogP contribution < -0.4 is 0 Å². The van der Waals surface area contributed by atoms with Crippen LogP contribution in [0.4, 0.5) is 0 Å². The van der Waals surface area contributed by atoms with Gasteiger partial charge in [0.15, 0.2) is 0 Å². The average Bonchev–Trinajstić information content (AvgIpc) is 3.63. The van der Waals surface area contributed by atoms with Crippen molar-refractivity contribution in [2.24, 2.45) is 0 Å². The van der Waals surface area contributed by atoms with E-state index in [0.717, 1.165) is 11.1 Å². The van der Waals surface area contributed by atoms with Gasteiger partial charge in [-0.05, 0) is 49.9 Å². The Morgan fingerprint density at radius 2 is 0.727 bits per heavy atom. The van der Waals surface area contributed by atoms with Gasteiger partial charge in [-0.2, -0.15) is 0 Å². The first kappa shape index (κ1) is 33.5. The molecule has 0 saturated heterocycles. The normalized spacial score (nSPS) is 15.5. The van der Waals surface area contributed by atoms with E-state index in [1.807, 2.05) is 0 Å². The Labute approximate surface area is 284 Å². The Morgan fingerprint density at radius 3 is 1.00 bits per heavy atom. The van der Waals surface area contributed by atoms with Crippen LogP contribution in [0.1, 0.15) is 127 Å². The monoisotopic (exact) mass is 654 g/mol. The zero-order valence-corrected chi connectivity index (χ0v) is 30.2. The zero-order valence-electron chi connectivity index (χ0n) is 26.9. The highest BCUT2D eigenvalue weighted by atomic mass is 32.2. The fraction of sp³-hybridized carbons (Fsp3) is 0.450. The molecule has 44 heavy (non-hydrogen) atoms. The minimum atomic E-state index is 0.159. The number of fused-ring (bicyclic) bond motifs is 2. The molecule has 2 aliphatic rings. The molecule has 0 nitrogen and oxygen atoms in total. The quantitative estimate of drug-likeness (QED) is 0.178. The third kappa shape index (κ3) is 7.93. The molecule has 0 bridgehead atoms. The molecule has 0 aliphatic carbocycles. The molecule has 2 aliphatic heterocycles. The Morgan fingerprint density at radius 1 is 0.432 bits per heavy atom. The van der Waals surface area contributed by atoms with Crippen molar-refractivity contribution < 1.29 is 0 Å². The van der Waals surface area contributed by atoms with E-state index in [-0.39, 0.29) is 8.16 Å². The highest BCUT2D eigenvalue weighted by Gasteiger charge is 2.47. The molecule has 2 heterocycles. The van der Waals surface area contributed by atoms with Crippen LogP contribution in [0.25, 0.3) is 0 Å². The van der Waals surface area contributed by atoms with Gasteiger partial charge in [0.05, 0.1) is 19.3 Å². The van der Waals surface area contributed by atoms with E-state index in [2.05, 4.69) is 159 Å². The first-order chi connectivity index (χ1) is 21.6. The molecule has 3 aromatic carbocycles. The smallest absolute Gasteiger partial charge is 0.0706 e. The van der Waals surface area contributed by atoms with E-state index in [1.54, 1.807) is 0 Å². The van der Waals surface area contributed by atoms with Gasteiger partial charge in [0, 0.05) is 30.7 Å². The van der Waals surface area contributed by atoms with Crippen molar-refractivity contribution in [3.8, 4) is 23.7 Å². The van der Waals surface area contributed by atoms with Crippen LogP contribution in [-0.2, 0) is 0 Å². The molecule has 0 spiro atoms. The van der Waals surface area contributed by atoms with E-state index < -0.39 is 0 Å². The van der Waals surface area contributed by atoms with Gasteiger partial charge >= 0.3 is 0 Å². The largest absolute Gasteiger partial charge is 0.105 e. The lowest BCUT2D eigenvalue weighted by Gasteiger charge is -2.28. The summed E-state index contributed by atoms with van der Waals surface area (Å²) in [5.74, 6) is 14.8. The number of rotatable bonds is 12. The molecule has 4 heteroatoms. The molecule has 0 amide bonds. The van der Waals surface area contributed by atoms with Crippen molar-refractivity contribution in [2.75, 3.05) is 0 Å². The molecule has 230 valence electrons. The average molecular weight is 655 g/mol. The molecule has 0 aromatic heterocycles. The standard InChI is InChI=1S/C40H46S4/c1-5-9-27-39(28-10-6-2)41-35-33(25-23-31-19-15-13-16-20-31)37-38(44-40(43-37,29-11-7-3)30-12-8-4)34(36(35)42-39)26-24-32-21-17-14-18-22-32/h13-22H,5-12,27-30H2,1-4H3. The number of hydrogen-bond acceptors (Lipinski definition) is 4. The molecule has 3 aromatic rings. The van der Waals surface area contributed by atoms with Crippen LogP contribution in [0.5, 0.6) is 0 Å². The molecule has 0 atom stereocenters. The fourth-order valence-electron chi connectivity index (χ4n) is 5.82. The summed E-state index contributed by atoms with van der Waals surface area (Å²) >= 11 is 8.53. The highest BCUT2D eigenvalue weighted by molar-refractivity contribution is 8.21. The third-order valence-corrected chi connectivity index (χ3v) is 15.2. The molecule has 0 fully saturated rings. The van der Waals surface area contributed by atoms with Crippen molar-refractivity contribution in [3.63, 3.8) is 0 Å². The lowest BCUT2D eigenvalue weighted by molar-refractivity contribution is 0.586. The predicted octanol–water partition coefficient (Wildman–Crippen LogP) is 13.0. The summed E-state index contributed by atoms with van der Waals surface area (Å²) in [5, 5.41) is 0. The minimum Gasteiger partial charge on any atom is -0.105 e. The van der Waals surface area contributed by atoms with Crippen LogP contribution in [-0.4, -0.2) is 8.16 Å². The third-order valence-electron chi connectivity index (χ3n) is 8.33. The van der Waals surface area contributed by atoms with E-state index >= 15 is 0 Å². The lowest BCUT2D eigenvalue weighted by atomic mass is 10.1. The van der Waals surface area contributed by atoms with Gasteiger partial charge in [0.2, 0.25) is 0 Å². The topological polar surface area (TPSA) is 0 Å². The van der Waals surface area contributed by atoms with Crippen LogP contribution in [0, 0.1) is 23.7 Å². The number of unbranched alkanes of at least 4 members (excludes halogenated alkanes) is 4. The van der Waals surface area contributed by atoms with Gasteiger partial charge < -0.3 is 0 Å². The van der Waals surface area contributed by atoms with Gasteiger partial charge in [-0.3, -0.25) is 0 Å². The molecule has 0 N–H and O–H groups in total. The summed E-state index contributed by atoms with van der Waals surface area (Å²) < 4.78 is 0.319. The fourth-order valence-corrected chi connectivity index (χ4v) is 13.0. The maximum Gasteiger partial charge on any atom is 0.0706 e. The maximum absolute atomic E-state index is 3.80. The van der Waals surface area contributed by atoms with Gasteiger partial charge in [0.1, 0.15) is 0 Å². The number of hydrogen-bond donors (Lipinski definition) is 0. The second-order valence-electron chi connectivity index (χ2n) is 11.9. The molecule has 0 radical (unpaired) electrons. The number of thioether (sulfide) groups is 4. The maximum atomic E-state index is 3.80. The summed E-state index contributed by atoms with van der Waals surface area (Å²) in [7, 11) is 0. The van der Waals surface area contributed by atoms with Crippen molar-refractivity contribution in [1.29, 1.82) is 0 Å². The molecular weight excluding hydrogens is 609 g/mol. The Kier molecular flexibility index (Phi) is 12.3. The minimum absolute atomic E-state index is 0.159. The van der Waals surface area contributed by atoms with E-state index in [4.69, 9.17) is 0 Å². The SMILES string of the molecule is CCCCC1(CCCC)Sc2c(C#Cc3ccccc3)c3c(c(C#Cc4ccccc4)c2S1)SC(CCCC)(CCCC)S3. The first-order valence-electron chi connectivity index (χ1n) is 16.7. The van der Waals surface area contributed by atoms with Gasteiger partial charge in [-0.15, -0.1) is 47.0 Å². The Bertz CT molecular complexity index is 1340. The summed E-state index contributed by atoms with van der Waals surface area (Å²) in [4.78, 5) is 5.60. The van der Waals surface area contributed by atoms with Gasteiger partial charge in [-0.25, -0.2) is 0 Å². The van der Waals surface area contributed by atoms with Crippen LogP contribution >= 0.6 is 47.0 Å². The summed E-state index contributed by atoms with van der Waals surface area (Å²) in [6, 6.07) is 21.1. The Balaban J connectivity index is 1.72. The lowest BCUT2D eigenvalue weighted by Crippen LogP contribution is -2.17. The van der Waals surface area contributed by atoms with Crippen molar-refractivity contribution in [2.45, 2.75) is 132 Å². The van der Waals surface area contributed by atoms with Crippen LogP contribution in [0.3, 0.4) is 0 Å². The summed E-state index contributed by atoms with van der Waals surface area (Å²) in [6.45, 7) is 9.30. The van der Waals surface area contributed by atoms with Crippen LogP contribution in [0.2, 0.25) is 0 Å². The Hall–Kier alpha value is -1.82. The molecule has 0 unspecified atom stereocenters. The van der Waals surface area contributed by atoms with E-state index in [1.165, 1.54) is 108 Å². The molecular formula is C40H46S4. The van der Waals surface area contributed by atoms with Crippen molar-refractivity contribution >= 4 is 47.0 Å². The second-order valence-corrected chi connectivity index (χ2v) is 18.0. The highest BCUT2D eigenvalue weighted by Crippen LogP contribution is 2.69. The van der Waals surface area contributed by atoms with E-state index in [9.17, 15) is 0 Å². The van der Waals surface area contributed by atoms with Crippen LogP contribution in [0.15, 0.2) is 80.2 Å².